The van der Waals surface area contributed by atoms with Crippen LogP contribution in [0.25, 0.3) is 11.4 Å². The fourth-order valence-corrected chi connectivity index (χ4v) is 4.43. The maximum Gasteiger partial charge on any atom is 0.269 e. The Morgan fingerprint density at radius 2 is 1.93 bits per heavy atom. The number of aliphatic imine (C=N–C) groups is 1. The van der Waals surface area contributed by atoms with E-state index in [1.165, 1.54) is 17.7 Å². The second-order valence-corrected chi connectivity index (χ2v) is 7.85. The van der Waals surface area contributed by atoms with Crippen molar-refractivity contribution >= 4 is 28.4 Å². The van der Waals surface area contributed by atoms with E-state index in [2.05, 4.69) is 14.8 Å². The number of nitro benzene ring substituents is 1. The van der Waals surface area contributed by atoms with Crippen LogP contribution >= 0.6 is 11.8 Å². The fraction of sp³-hybridized carbons (Fsp3) is 0.450. The van der Waals surface area contributed by atoms with Gasteiger partial charge in [0.1, 0.15) is 5.82 Å². The van der Waals surface area contributed by atoms with Crippen LogP contribution in [0.2, 0.25) is 0 Å². The Morgan fingerprint density at radius 3 is 2.57 bits per heavy atom. The number of fused-ring (bicyclic) bond motifs is 1. The van der Waals surface area contributed by atoms with Crippen LogP contribution in [0.15, 0.2) is 29.3 Å². The molecule has 0 aliphatic carbocycles. The van der Waals surface area contributed by atoms with Crippen molar-refractivity contribution in [3.63, 3.8) is 0 Å². The van der Waals surface area contributed by atoms with Crippen molar-refractivity contribution in [1.29, 1.82) is 0 Å². The summed E-state index contributed by atoms with van der Waals surface area (Å²) < 4.78 is 5.52. The third-order valence-corrected chi connectivity index (χ3v) is 6.14. The van der Waals surface area contributed by atoms with E-state index in [1.807, 2.05) is 13.3 Å². The van der Waals surface area contributed by atoms with Gasteiger partial charge in [0, 0.05) is 49.9 Å². The molecule has 0 amide bonds. The topological polar surface area (TPSA) is 97.0 Å². The van der Waals surface area contributed by atoms with E-state index in [1.54, 1.807) is 23.9 Å². The number of nitrogens with zero attached hydrogens (tertiary/aromatic N) is 6. The smallest absolute Gasteiger partial charge is 0.269 e. The van der Waals surface area contributed by atoms with E-state index >= 15 is 0 Å². The number of amidine groups is 1. The van der Waals surface area contributed by atoms with Gasteiger partial charge in [0.05, 0.1) is 30.4 Å². The Hall–Kier alpha value is -2.72. The minimum absolute atomic E-state index is 0.0556. The SMILES string of the molecule is C/N=C(\SC)N1CCc2c(nc(-c3ccc([N+](=O)[O-])cc3)nc2N2CCOCC2)C1. The zero-order chi connectivity index (χ0) is 21.1. The Bertz CT molecular complexity index is 960. The molecule has 0 radical (unpaired) electrons. The van der Waals surface area contributed by atoms with E-state index in [4.69, 9.17) is 14.7 Å². The molecule has 2 aliphatic heterocycles. The van der Waals surface area contributed by atoms with Gasteiger partial charge < -0.3 is 14.5 Å². The molecule has 0 atom stereocenters. The molecule has 4 rings (SSSR count). The summed E-state index contributed by atoms with van der Waals surface area (Å²) in [7, 11) is 1.81. The summed E-state index contributed by atoms with van der Waals surface area (Å²) in [5, 5.41) is 12.0. The number of hydrogen-bond acceptors (Lipinski definition) is 8. The first-order valence-corrected chi connectivity index (χ1v) is 11.1. The van der Waals surface area contributed by atoms with Gasteiger partial charge in [-0.15, -0.1) is 0 Å². The molecule has 1 aromatic carbocycles. The molecule has 158 valence electrons. The van der Waals surface area contributed by atoms with Gasteiger partial charge in [0.15, 0.2) is 11.0 Å². The van der Waals surface area contributed by atoms with Gasteiger partial charge in [-0.2, -0.15) is 0 Å². The zero-order valence-electron chi connectivity index (χ0n) is 17.1. The number of ether oxygens (including phenoxy) is 1. The Labute approximate surface area is 179 Å². The highest BCUT2D eigenvalue weighted by Crippen LogP contribution is 2.31. The van der Waals surface area contributed by atoms with E-state index in [-0.39, 0.29) is 5.69 Å². The second-order valence-electron chi connectivity index (χ2n) is 7.08. The van der Waals surface area contributed by atoms with E-state index in [9.17, 15) is 10.1 Å². The van der Waals surface area contributed by atoms with E-state index in [0.717, 1.165) is 48.3 Å². The average molecular weight is 429 g/mol. The monoisotopic (exact) mass is 428 g/mol. The van der Waals surface area contributed by atoms with Gasteiger partial charge in [0.2, 0.25) is 0 Å². The largest absolute Gasteiger partial charge is 0.378 e. The molecule has 1 saturated heterocycles. The molecule has 0 saturated carbocycles. The van der Waals surface area contributed by atoms with Gasteiger partial charge in [-0.3, -0.25) is 15.1 Å². The van der Waals surface area contributed by atoms with Gasteiger partial charge in [-0.1, -0.05) is 11.8 Å². The molecule has 0 spiro atoms. The molecule has 0 bridgehead atoms. The predicted molar refractivity (Wildman–Crippen MR) is 118 cm³/mol. The minimum atomic E-state index is -0.400. The summed E-state index contributed by atoms with van der Waals surface area (Å²) in [4.78, 5) is 29.3. The highest BCUT2D eigenvalue weighted by Gasteiger charge is 2.27. The van der Waals surface area contributed by atoms with Crippen LogP contribution < -0.4 is 4.90 Å². The summed E-state index contributed by atoms with van der Waals surface area (Å²) in [6, 6.07) is 6.41. The predicted octanol–water partition coefficient (Wildman–Crippen LogP) is 2.60. The van der Waals surface area contributed by atoms with Crippen molar-refractivity contribution in [3.8, 4) is 11.4 Å². The molecule has 10 heteroatoms. The molecule has 30 heavy (non-hydrogen) atoms. The molecule has 1 aromatic heterocycles. The second kappa shape index (κ2) is 8.97. The first kappa shape index (κ1) is 20.5. The lowest BCUT2D eigenvalue weighted by Crippen LogP contribution is -2.40. The highest BCUT2D eigenvalue weighted by molar-refractivity contribution is 8.13. The Kier molecular flexibility index (Phi) is 6.14. The first-order valence-electron chi connectivity index (χ1n) is 9.83. The maximum absolute atomic E-state index is 11.0. The van der Waals surface area contributed by atoms with Crippen LogP contribution in [-0.4, -0.2) is 71.1 Å². The third kappa shape index (κ3) is 4.10. The summed E-state index contributed by atoms with van der Waals surface area (Å²) in [6.07, 6.45) is 2.88. The average Bonchev–Trinajstić information content (AvgIpc) is 2.79. The van der Waals surface area contributed by atoms with Crippen LogP contribution in [0.5, 0.6) is 0 Å². The molecule has 0 N–H and O–H groups in total. The van der Waals surface area contributed by atoms with Crippen molar-refractivity contribution in [3.05, 3.63) is 45.6 Å². The molecular formula is C20H24N6O3S. The number of rotatable bonds is 3. The quantitative estimate of drug-likeness (QED) is 0.319. The first-order chi connectivity index (χ1) is 14.6. The number of nitro groups is 1. The molecule has 3 heterocycles. The number of thioether (sulfide) groups is 1. The van der Waals surface area contributed by atoms with E-state index in [0.29, 0.717) is 25.6 Å². The number of morpholine rings is 1. The maximum atomic E-state index is 11.0. The molecular weight excluding hydrogens is 404 g/mol. The van der Waals surface area contributed by atoms with Crippen LogP contribution in [0.3, 0.4) is 0 Å². The summed E-state index contributed by atoms with van der Waals surface area (Å²) in [5.74, 6) is 1.54. The molecule has 9 nitrogen and oxygen atoms in total. The summed E-state index contributed by atoms with van der Waals surface area (Å²) >= 11 is 1.63. The fourth-order valence-electron chi connectivity index (χ4n) is 3.83. The molecule has 2 aliphatic rings. The van der Waals surface area contributed by atoms with Crippen LogP contribution in [0.1, 0.15) is 11.3 Å². The minimum Gasteiger partial charge on any atom is -0.378 e. The normalized spacial score (nSPS) is 17.1. The summed E-state index contributed by atoms with van der Waals surface area (Å²) in [6.45, 7) is 4.48. The molecule has 1 fully saturated rings. The Balaban J connectivity index is 1.75. The van der Waals surface area contributed by atoms with Crippen LogP contribution in [0, 0.1) is 10.1 Å². The number of hydrogen-bond donors (Lipinski definition) is 0. The molecule has 2 aromatic rings. The van der Waals surface area contributed by atoms with E-state index < -0.39 is 4.92 Å². The van der Waals surface area contributed by atoms with Crippen molar-refractivity contribution in [1.82, 2.24) is 14.9 Å². The summed E-state index contributed by atoms with van der Waals surface area (Å²) in [5.41, 5.74) is 2.99. The van der Waals surface area contributed by atoms with Gasteiger partial charge in [0.25, 0.3) is 5.69 Å². The van der Waals surface area contributed by atoms with Crippen LogP contribution in [-0.2, 0) is 17.7 Å². The number of aromatic nitrogens is 2. The molecule has 0 unspecified atom stereocenters. The van der Waals surface area contributed by atoms with Crippen LogP contribution in [0.4, 0.5) is 11.5 Å². The van der Waals surface area contributed by atoms with Crippen molar-refractivity contribution in [2.45, 2.75) is 13.0 Å². The highest BCUT2D eigenvalue weighted by atomic mass is 32.2. The third-order valence-electron chi connectivity index (χ3n) is 5.33. The van der Waals surface area contributed by atoms with Crippen molar-refractivity contribution < 1.29 is 9.66 Å². The van der Waals surface area contributed by atoms with Crippen molar-refractivity contribution in [2.24, 2.45) is 4.99 Å². The lowest BCUT2D eigenvalue weighted by molar-refractivity contribution is -0.384. The standard InChI is InChI=1S/C20H24N6O3S/c1-21-20(30-2)25-8-7-16-17(13-25)22-18(14-3-5-15(6-4-14)26(27)28)23-19(16)24-9-11-29-12-10-24/h3-6H,7-13H2,1-2H3/b21-20-. The lowest BCUT2D eigenvalue weighted by Gasteiger charge is -2.35. The zero-order valence-corrected chi connectivity index (χ0v) is 17.9. The number of benzene rings is 1. The van der Waals surface area contributed by atoms with Gasteiger partial charge in [-0.05, 0) is 24.8 Å². The number of non-ortho nitro benzene ring substituents is 1. The lowest BCUT2D eigenvalue weighted by atomic mass is 10.0. The Morgan fingerprint density at radius 1 is 1.20 bits per heavy atom. The van der Waals surface area contributed by atoms with Gasteiger partial charge in [-0.25, -0.2) is 9.97 Å². The van der Waals surface area contributed by atoms with Crippen molar-refractivity contribution in [2.75, 3.05) is 51.1 Å². The van der Waals surface area contributed by atoms with Gasteiger partial charge >= 0.3 is 0 Å². The number of anilines is 1.